The van der Waals surface area contributed by atoms with Gasteiger partial charge in [0.05, 0.1) is 0 Å². The minimum atomic E-state index is 0.0872. The Morgan fingerprint density at radius 1 is 1.30 bits per heavy atom. The van der Waals surface area contributed by atoms with E-state index in [2.05, 4.69) is 55.3 Å². The Bertz CT molecular complexity index is 488. The summed E-state index contributed by atoms with van der Waals surface area (Å²) in [5, 5.41) is 3.56. The SMILES string of the molecule is CCN(CC)CCNC(=O)N1CCC(Sc2ccc(C)cc2)C1. The number of urea groups is 1. The van der Waals surface area contributed by atoms with Gasteiger partial charge in [-0.2, -0.15) is 0 Å². The predicted molar refractivity (Wildman–Crippen MR) is 98.2 cm³/mol. The zero-order valence-corrected chi connectivity index (χ0v) is 15.4. The Morgan fingerprint density at radius 2 is 2.00 bits per heavy atom. The van der Waals surface area contributed by atoms with Crippen LogP contribution in [0.15, 0.2) is 29.2 Å². The normalized spacial score (nSPS) is 17.7. The number of likely N-dealkylation sites (tertiary alicyclic amines) is 1. The number of rotatable bonds is 7. The highest BCUT2D eigenvalue weighted by Gasteiger charge is 2.26. The number of benzene rings is 1. The fraction of sp³-hybridized carbons (Fsp3) is 0.611. The Labute approximate surface area is 144 Å². The highest BCUT2D eigenvalue weighted by Crippen LogP contribution is 2.29. The van der Waals surface area contributed by atoms with E-state index in [-0.39, 0.29) is 6.03 Å². The van der Waals surface area contributed by atoms with Gasteiger partial charge < -0.3 is 15.1 Å². The van der Waals surface area contributed by atoms with Gasteiger partial charge in [-0.05, 0) is 38.6 Å². The molecule has 0 bridgehead atoms. The lowest BCUT2D eigenvalue weighted by molar-refractivity contribution is 0.206. The highest BCUT2D eigenvalue weighted by atomic mass is 32.2. The molecule has 1 atom stereocenters. The van der Waals surface area contributed by atoms with Crippen molar-refractivity contribution in [3.05, 3.63) is 29.8 Å². The molecule has 1 fully saturated rings. The molecule has 0 aliphatic carbocycles. The lowest BCUT2D eigenvalue weighted by Crippen LogP contribution is -2.42. The van der Waals surface area contributed by atoms with E-state index in [1.165, 1.54) is 10.5 Å². The average Bonchev–Trinajstić information content (AvgIpc) is 3.02. The highest BCUT2D eigenvalue weighted by molar-refractivity contribution is 8.00. The molecule has 1 heterocycles. The summed E-state index contributed by atoms with van der Waals surface area (Å²) in [5.74, 6) is 0. The molecule has 1 unspecified atom stereocenters. The first-order chi connectivity index (χ1) is 11.1. The van der Waals surface area contributed by atoms with Crippen molar-refractivity contribution in [2.24, 2.45) is 0 Å². The molecule has 23 heavy (non-hydrogen) atoms. The number of nitrogens with one attached hydrogen (secondary N) is 1. The van der Waals surface area contributed by atoms with Gasteiger partial charge in [-0.1, -0.05) is 31.5 Å². The van der Waals surface area contributed by atoms with Crippen molar-refractivity contribution in [3.63, 3.8) is 0 Å². The van der Waals surface area contributed by atoms with Crippen LogP contribution in [-0.2, 0) is 0 Å². The Morgan fingerprint density at radius 3 is 2.65 bits per heavy atom. The summed E-state index contributed by atoms with van der Waals surface area (Å²) in [6.07, 6.45) is 1.07. The largest absolute Gasteiger partial charge is 0.337 e. The van der Waals surface area contributed by atoms with Crippen molar-refractivity contribution in [2.75, 3.05) is 39.3 Å². The first-order valence-corrected chi connectivity index (χ1v) is 9.48. The predicted octanol–water partition coefficient (Wildman–Crippen LogP) is 3.21. The van der Waals surface area contributed by atoms with E-state index in [9.17, 15) is 4.79 Å². The average molecular weight is 336 g/mol. The maximum Gasteiger partial charge on any atom is 0.317 e. The molecular formula is C18H29N3OS. The summed E-state index contributed by atoms with van der Waals surface area (Å²) in [4.78, 5) is 17.8. The van der Waals surface area contributed by atoms with Crippen LogP contribution in [0.5, 0.6) is 0 Å². The van der Waals surface area contributed by atoms with Gasteiger partial charge >= 0.3 is 6.03 Å². The standard InChI is InChI=1S/C18H29N3OS/c1-4-20(5-2)13-11-19-18(22)21-12-10-17(14-21)23-16-8-6-15(3)7-9-16/h6-9,17H,4-5,10-14H2,1-3H3,(H,19,22). The quantitative estimate of drug-likeness (QED) is 0.831. The van der Waals surface area contributed by atoms with Crippen LogP contribution in [0.2, 0.25) is 0 Å². The van der Waals surface area contributed by atoms with Crippen molar-refractivity contribution >= 4 is 17.8 Å². The maximum absolute atomic E-state index is 12.2. The lowest BCUT2D eigenvalue weighted by atomic mass is 10.2. The van der Waals surface area contributed by atoms with Crippen molar-refractivity contribution in [1.82, 2.24) is 15.1 Å². The third kappa shape index (κ3) is 5.74. The van der Waals surface area contributed by atoms with Crippen LogP contribution in [0.3, 0.4) is 0 Å². The summed E-state index contributed by atoms with van der Waals surface area (Å²) < 4.78 is 0. The van der Waals surface area contributed by atoms with Crippen molar-refractivity contribution in [2.45, 2.75) is 37.3 Å². The number of carbonyl (C=O) groups excluding carboxylic acids is 1. The molecule has 4 nitrogen and oxygen atoms in total. The number of nitrogens with zero attached hydrogens (tertiary/aromatic N) is 2. The van der Waals surface area contributed by atoms with Crippen molar-refractivity contribution < 1.29 is 4.79 Å². The minimum absolute atomic E-state index is 0.0872. The molecule has 2 amide bonds. The summed E-state index contributed by atoms with van der Waals surface area (Å²) in [7, 11) is 0. The molecule has 0 aromatic heterocycles. The van der Waals surface area contributed by atoms with E-state index in [1.807, 2.05) is 16.7 Å². The molecule has 1 aliphatic heterocycles. The molecule has 1 N–H and O–H groups in total. The molecule has 1 aromatic carbocycles. The fourth-order valence-electron chi connectivity index (χ4n) is 2.79. The number of likely N-dealkylation sites (N-methyl/N-ethyl adjacent to an activating group) is 1. The molecule has 0 radical (unpaired) electrons. The zero-order valence-electron chi connectivity index (χ0n) is 14.5. The Kier molecular flexibility index (Phi) is 7.24. The number of carbonyl (C=O) groups is 1. The van der Waals surface area contributed by atoms with Crippen LogP contribution in [0.1, 0.15) is 25.8 Å². The first-order valence-electron chi connectivity index (χ1n) is 8.60. The van der Waals surface area contributed by atoms with Crippen molar-refractivity contribution in [3.8, 4) is 0 Å². The van der Waals surface area contributed by atoms with Crippen LogP contribution in [-0.4, -0.2) is 60.3 Å². The van der Waals surface area contributed by atoms with Crippen LogP contribution in [0, 0.1) is 6.92 Å². The number of amides is 2. The second-order valence-electron chi connectivity index (χ2n) is 6.05. The summed E-state index contributed by atoms with van der Waals surface area (Å²) >= 11 is 1.89. The second-order valence-corrected chi connectivity index (χ2v) is 7.42. The van der Waals surface area contributed by atoms with Gasteiger partial charge in [0.25, 0.3) is 0 Å². The number of thioether (sulfide) groups is 1. The fourth-order valence-corrected chi connectivity index (χ4v) is 3.95. The molecule has 0 spiro atoms. The minimum Gasteiger partial charge on any atom is -0.337 e. The van der Waals surface area contributed by atoms with Gasteiger partial charge in [-0.3, -0.25) is 0 Å². The molecule has 5 heteroatoms. The monoisotopic (exact) mass is 335 g/mol. The van der Waals surface area contributed by atoms with Crippen LogP contribution in [0.4, 0.5) is 4.79 Å². The Hall–Kier alpha value is -1.20. The molecule has 128 valence electrons. The molecule has 0 saturated carbocycles. The maximum atomic E-state index is 12.2. The number of hydrogen-bond donors (Lipinski definition) is 1. The lowest BCUT2D eigenvalue weighted by Gasteiger charge is -2.21. The number of aryl methyl sites for hydroxylation is 1. The third-order valence-corrected chi connectivity index (χ3v) is 5.62. The smallest absolute Gasteiger partial charge is 0.317 e. The van der Waals surface area contributed by atoms with E-state index in [1.54, 1.807) is 0 Å². The van der Waals surface area contributed by atoms with Gasteiger partial charge in [0.15, 0.2) is 0 Å². The van der Waals surface area contributed by atoms with E-state index in [4.69, 9.17) is 0 Å². The van der Waals surface area contributed by atoms with Gasteiger partial charge in [0.2, 0.25) is 0 Å². The topological polar surface area (TPSA) is 35.6 Å². The molecule has 1 aliphatic rings. The van der Waals surface area contributed by atoms with E-state index < -0.39 is 0 Å². The Balaban J connectivity index is 1.71. The van der Waals surface area contributed by atoms with Gasteiger partial charge in [-0.25, -0.2) is 4.79 Å². The van der Waals surface area contributed by atoms with E-state index in [0.717, 1.165) is 45.7 Å². The summed E-state index contributed by atoms with van der Waals surface area (Å²) in [5.41, 5.74) is 1.29. The first kappa shape index (κ1) is 18.1. The third-order valence-electron chi connectivity index (χ3n) is 4.35. The van der Waals surface area contributed by atoms with Crippen LogP contribution < -0.4 is 5.32 Å². The van der Waals surface area contributed by atoms with E-state index >= 15 is 0 Å². The molecule has 1 aromatic rings. The van der Waals surface area contributed by atoms with Gasteiger partial charge in [0.1, 0.15) is 0 Å². The van der Waals surface area contributed by atoms with Crippen LogP contribution in [0.25, 0.3) is 0 Å². The van der Waals surface area contributed by atoms with Gasteiger partial charge in [-0.15, -0.1) is 11.8 Å². The zero-order chi connectivity index (χ0) is 16.7. The van der Waals surface area contributed by atoms with Gasteiger partial charge in [0, 0.05) is 36.3 Å². The molecular weight excluding hydrogens is 306 g/mol. The van der Waals surface area contributed by atoms with E-state index in [0.29, 0.717) is 5.25 Å². The molecule has 2 rings (SSSR count). The molecule has 1 saturated heterocycles. The number of hydrogen-bond acceptors (Lipinski definition) is 3. The second kappa shape index (κ2) is 9.18. The van der Waals surface area contributed by atoms with Crippen LogP contribution >= 0.6 is 11.8 Å². The van der Waals surface area contributed by atoms with Crippen molar-refractivity contribution in [1.29, 1.82) is 0 Å². The summed E-state index contributed by atoms with van der Waals surface area (Å²) in [6, 6.07) is 8.73. The summed E-state index contributed by atoms with van der Waals surface area (Å²) in [6.45, 7) is 11.8.